The second-order valence-corrected chi connectivity index (χ2v) is 7.33. The lowest BCUT2D eigenvalue weighted by Crippen LogP contribution is -2.10. The minimum Gasteiger partial charge on any atom is -0.495 e. The van der Waals surface area contributed by atoms with Crippen LogP contribution in [0.3, 0.4) is 0 Å². The highest BCUT2D eigenvalue weighted by Gasteiger charge is 2.20. The molecule has 1 aromatic carbocycles. The molecule has 3 aromatic heterocycles. The summed E-state index contributed by atoms with van der Waals surface area (Å²) in [5.41, 5.74) is 2.43. The maximum atomic E-state index is 6.31. The van der Waals surface area contributed by atoms with Gasteiger partial charge in [0.2, 0.25) is 0 Å². The highest BCUT2D eigenvalue weighted by molar-refractivity contribution is 6.32. The Morgan fingerprint density at radius 2 is 2.04 bits per heavy atom. The summed E-state index contributed by atoms with van der Waals surface area (Å²) in [6, 6.07) is 5.47. The molecule has 0 saturated heterocycles. The molecule has 0 amide bonds. The SMILES string of the molecule is COc1ccc(-c2nc(-n3cncn3)c3c(C)nc(CC(C)C)n3n2)cc1Cl. The molecule has 4 rings (SSSR count). The number of halogens is 1. The fourth-order valence-electron chi connectivity index (χ4n) is 3.11. The fraction of sp³-hybridized carbons (Fsp3) is 0.316. The summed E-state index contributed by atoms with van der Waals surface area (Å²) in [6.45, 7) is 6.26. The monoisotopic (exact) mass is 397 g/mol. The Labute approximate surface area is 167 Å². The standard InChI is InChI=1S/C19H20ClN7O/c1-11(2)7-16-23-12(3)17-19(26-10-21-9-22-26)24-18(25-27(16)17)13-5-6-15(28-4)14(20)8-13/h5-6,8-11H,7H2,1-4H3. The lowest BCUT2D eigenvalue weighted by Gasteiger charge is -2.10. The Morgan fingerprint density at radius 3 is 2.68 bits per heavy atom. The summed E-state index contributed by atoms with van der Waals surface area (Å²) in [5.74, 6) is 3.06. The molecule has 0 spiro atoms. The lowest BCUT2D eigenvalue weighted by molar-refractivity contribution is 0.415. The number of hydrogen-bond acceptors (Lipinski definition) is 6. The number of nitrogens with zero attached hydrogens (tertiary/aromatic N) is 7. The van der Waals surface area contributed by atoms with Gasteiger partial charge < -0.3 is 4.74 Å². The maximum Gasteiger partial charge on any atom is 0.185 e. The molecular weight excluding hydrogens is 378 g/mol. The second-order valence-electron chi connectivity index (χ2n) is 6.92. The topological polar surface area (TPSA) is 83.0 Å². The molecule has 0 unspecified atom stereocenters. The van der Waals surface area contributed by atoms with Gasteiger partial charge in [0.1, 0.15) is 29.7 Å². The first-order chi connectivity index (χ1) is 13.5. The maximum absolute atomic E-state index is 6.31. The number of aromatic nitrogens is 7. The first-order valence-corrected chi connectivity index (χ1v) is 9.31. The Balaban J connectivity index is 1.98. The van der Waals surface area contributed by atoms with Gasteiger partial charge in [-0.1, -0.05) is 25.4 Å². The molecule has 0 aliphatic heterocycles. The van der Waals surface area contributed by atoms with E-state index in [0.29, 0.717) is 28.3 Å². The van der Waals surface area contributed by atoms with Crippen LogP contribution in [-0.4, -0.2) is 41.5 Å². The van der Waals surface area contributed by atoms with Crippen molar-refractivity contribution in [3.63, 3.8) is 0 Å². The van der Waals surface area contributed by atoms with E-state index in [2.05, 4.69) is 23.9 Å². The molecular formula is C19H20ClN7O. The van der Waals surface area contributed by atoms with E-state index in [1.807, 2.05) is 17.5 Å². The van der Waals surface area contributed by atoms with Crippen LogP contribution in [0.2, 0.25) is 5.02 Å². The van der Waals surface area contributed by atoms with Gasteiger partial charge in [-0.05, 0) is 31.0 Å². The molecule has 28 heavy (non-hydrogen) atoms. The van der Waals surface area contributed by atoms with E-state index in [0.717, 1.165) is 29.0 Å². The molecule has 144 valence electrons. The number of fused-ring (bicyclic) bond motifs is 1. The number of benzene rings is 1. The summed E-state index contributed by atoms with van der Waals surface area (Å²) < 4.78 is 8.72. The minimum atomic E-state index is 0.439. The molecule has 0 radical (unpaired) electrons. The van der Waals surface area contributed by atoms with E-state index in [1.54, 1.807) is 30.3 Å². The van der Waals surface area contributed by atoms with Crippen LogP contribution in [0.15, 0.2) is 30.9 Å². The van der Waals surface area contributed by atoms with E-state index in [-0.39, 0.29) is 0 Å². The molecule has 0 aliphatic rings. The largest absolute Gasteiger partial charge is 0.495 e. The highest BCUT2D eigenvalue weighted by atomic mass is 35.5. The van der Waals surface area contributed by atoms with Crippen molar-refractivity contribution in [2.45, 2.75) is 27.2 Å². The Kier molecular flexibility index (Phi) is 4.72. The van der Waals surface area contributed by atoms with Gasteiger partial charge in [0.25, 0.3) is 0 Å². The van der Waals surface area contributed by atoms with Gasteiger partial charge in [0, 0.05) is 12.0 Å². The van der Waals surface area contributed by atoms with E-state index in [9.17, 15) is 0 Å². The van der Waals surface area contributed by atoms with Crippen molar-refractivity contribution in [1.82, 2.24) is 34.3 Å². The Hall–Kier alpha value is -3.00. The van der Waals surface area contributed by atoms with Crippen molar-refractivity contribution >= 4 is 17.1 Å². The molecule has 0 fully saturated rings. The summed E-state index contributed by atoms with van der Waals surface area (Å²) in [4.78, 5) is 13.5. The van der Waals surface area contributed by atoms with Gasteiger partial charge in [-0.3, -0.25) is 0 Å². The van der Waals surface area contributed by atoms with Crippen LogP contribution in [-0.2, 0) is 6.42 Å². The van der Waals surface area contributed by atoms with Gasteiger partial charge in [0.15, 0.2) is 11.6 Å². The average Bonchev–Trinajstić information content (AvgIpc) is 3.30. The summed E-state index contributed by atoms with van der Waals surface area (Å²) >= 11 is 6.31. The molecule has 8 nitrogen and oxygen atoms in total. The summed E-state index contributed by atoms with van der Waals surface area (Å²) in [5, 5.41) is 9.52. The third kappa shape index (κ3) is 3.20. The molecule has 9 heteroatoms. The number of imidazole rings is 1. The smallest absolute Gasteiger partial charge is 0.185 e. The molecule has 0 atom stereocenters. The van der Waals surface area contributed by atoms with Gasteiger partial charge in [0.05, 0.1) is 17.8 Å². The quantitative estimate of drug-likeness (QED) is 0.512. The molecule has 4 aromatic rings. The second kappa shape index (κ2) is 7.20. The number of methoxy groups -OCH3 is 1. The van der Waals surface area contributed by atoms with Crippen molar-refractivity contribution in [2.75, 3.05) is 7.11 Å². The van der Waals surface area contributed by atoms with E-state index in [1.165, 1.54) is 6.33 Å². The van der Waals surface area contributed by atoms with Crippen molar-refractivity contribution in [1.29, 1.82) is 0 Å². The van der Waals surface area contributed by atoms with Crippen LogP contribution in [0.1, 0.15) is 25.4 Å². The van der Waals surface area contributed by atoms with Crippen LogP contribution in [0.25, 0.3) is 22.7 Å². The first-order valence-electron chi connectivity index (χ1n) is 8.93. The van der Waals surface area contributed by atoms with E-state index >= 15 is 0 Å². The predicted octanol–water partition coefficient (Wildman–Crippen LogP) is 3.54. The van der Waals surface area contributed by atoms with Gasteiger partial charge in [-0.25, -0.2) is 24.1 Å². The zero-order valence-electron chi connectivity index (χ0n) is 16.1. The normalized spacial score (nSPS) is 11.5. The molecule has 0 saturated carbocycles. The zero-order chi connectivity index (χ0) is 19.8. The van der Waals surface area contributed by atoms with Crippen molar-refractivity contribution in [3.8, 4) is 23.0 Å². The number of ether oxygens (including phenoxy) is 1. The Morgan fingerprint density at radius 1 is 1.21 bits per heavy atom. The van der Waals surface area contributed by atoms with Crippen molar-refractivity contribution in [2.24, 2.45) is 5.92 Å². The van der Waals surface area contributed by atoms with Crippen LogP contribution in [0.4, 0.5) is 0 Å². The van der Waals surface area contributed by atoms with Crippen LogP contribution >= 0.6 is 11.6 Å². The average molecular weight is 398 g/mol. The van der Waals surface area contributed by atoms with Crippen molar-refractivity contribution in [3.05, 3.63) is 47.4 Å². The molecule has 0 aliphatic carbocycles. The first kappa shape index (κ1) is 18.4. The summed E-state index contributed by atoms with van der Waals surface area (Å²) in [6.07, 6.45) is 3.89. The molecule has 0 N–H and O–H groups in total. The van der Waals surface area contributed by atoms with E-state index in [4.69, 9.17) is 31.4 Å². The minimum absolute atomic E-state index is 0.439. The fourth-order valence-corrected chi connectivity index (χ4v) is 3.37. The van der Waals surface area contributed by atoms with Crippen LogP contribution < -0.4 is 4.74 Å². The molecule has 0 bridgehead atoms. The highest BCUT2D eigenvalue weighted by Crippen LogP contribution is 2.30. The number of aryl methyl sites for hydroxylation is 1. The molecule has 3 heterocycles. The summed E-state index contributed by atoms with van der Waals surface area (Å²) in [7, 11) is 1.58. The van der Waals surface area contributed by atoms with Crippen LogP contribution in [0.5, 0.6) is 5.75 Å². The number of rotatable bonds is 5. The van der Waals surface area contributed by atoms with Crippen molar-refractivity contribution < 1.29 is 4.74 Å². The third-order valence-electron chi connectivity index (χ3n) is 4.35. The lowest BCUT2D eigenvalue weighted by atomic mass is 10.1. The third-order valence-corrected chi connectivity index (χ3v) is 4.65. The van der Waals surface area contributed by atoms with E-state index < -0.39 is 0 Å². The van der Waals surface area contributed by atoms with Gasteiger partial charge in [-0.2, -0.15) is 5.10 Å². The predicted molar refractivity (Wildman–Crippen MR) is 106 cm³/mol. The number of hydrogen-bond donors (Lipinski definition) is 0. The Bertz CT molecular complexity index is 1140. The zero-order valence-corrected chi connectivity index (χ0v) is 16.8. The van der Waals surface area contributed by atoms with Crippen LogP contribution in [0, 0.1) is 12.8 Å². The van der Waals surface area contributed by atoms with Gasteiger partial charge in [-0.15, -0.1) is 5.10 Å². The van der Waals surface area contributed by atoms with Gasteiger partial charge >= 0.3 is 0 Å².